The number of thiocarbonyl (C=S) groups is 1. The van der Waals surface area contributed by atoms with Crippen LogP contribution in [0.3, 0.4) is 0 Å². The Labute approximate surface area is 309 Å². The number of hydrogen-bond acceptors (Lipinski definition) is 6. The van der Waals surface area contributed by atoms with E-state index in [2.05, 4.69) is 36.1 Å². The average Bonchev–Trinajstić information content (AvgIpc) is 3.08. The van der Waals surface area contributed by atoms with Gasteiger partial charge in [0.1, 0.15) is 17.6 Å². The van der Waals surface area contributed by atoms with Gasteiger partial charge >= 0.3 is 6.18 Å². The first-order valence-electron chi connectivity index (χ1n) is 16.7. The Morgan fingerprint density at radius 1 is 1.19 bits per heavy atom. The molecule has 6 nitrogen and oxygen atoms in total. The molecule has 2 aromatic rings. The summed E-state index contributed by atoms with van der Waals surface area (Å²) in [6, 6.07) is 7.58. The minimum atomic E-state index is -4.77. The van der Waals surface area contributed by atoms with E-state index >= 15 is 0 Å². The third kappa shape index (κ3) is 10.1. The lowest BCUT2D eigenvalue weighted by Crippen LogP contribution is -2.26. The van der Waals surface area contributed by atoms with Crippen LogP contribution < -0.4 is 10.1 Å². The molecule has 270 valence electrons. The predicted octanol–water partition coefficient (Wildman–Crippen LogP) is 10.3. The van der Waals surface area contributed by atoms with Crippen LogP contribution in [0.5, 0.6) is 5.75 Å². The first-order chi connectivity index (χ1) is 24.5. The molecule has 1 amide bonds. The van der Waals surface area contributed by atoms with Gasteiger partial charge in [-0.05, 0) is 112 Å². The molecule has 0 unspecified atom stereocenters. The summed E-state index contributed by atoms with van der Waals surface area (Å²) in [6.45, 7) is 19.1. The predicted molar refractivity (Wildman–Crippen MR) is 205 cm³/mol. The van der Waals surface area contributed by atoms with E-state index in [4.69, 9.17) is 22.2 Å². The summed E-state index contributed by atoms with van der Waals surface area (Å²) in [5.41, 5.74) is 5.26. The molecule has 52 heavy (non-hydrogen) atoms. The highest BCUT2D eigenvalue weighted by Crippen LogP contribution is 2.39. The van der Waals surface area contributed by atoms with Crippen molar-refractivity contribution >= 4 is 46.1 Å². The lowest BCUT2D eigenvalue weighted by Gasteiger charge is -2.27. The number of ether oxygens (including phenoxy) is 1. The molecule has 1 aliphatic rings. The highest BCUT2D eigenvalue weighted by molar-refractivity contribution is 7.81. The Morgan fingerprint density at radius 2 is 1.90 bits per heavy atom. The number of halogens is 3. The van der Waals surface area contributed by atoms with E-state index in [1.807, 2.05) is 19.9 Å². The van der Waals surface area contributed by atoms with Crippen LogP contribution in [-0.2, 0) is 15.8 Å². The number of allylic oxidation sites excluding steroid dienone is 8. The van der Waals surface area contributed by atoms with Crippen LogP contribution in [0.1, 0.15) is 88.8 Å². The Morgan fingerprint density at radius 3 is 2.50 bits per heavy atom. The SMILES string of the molecule is C=CC(C)=C1C(=O)NC(c2cc(/C(=C/C(=S)/C=C/c3cnc(C#N)c(C(F)(F)F)c3)C(C)(C)C(C)=O)ccc2OCC)=C=CC=C1CC(=C)CCC. The number of nitrogens with one attached hydrogen (secondary N) is 1. The number of amides is 1. The van der Waals surface area contributed by atoms with Gasteiger partial charge in [-0.25, -0.2) is 4.98 Å². The molecule has 2 heterocycles. The molecular formula is C42H42F3N3O3S. The zero-order chi connectivity index (χ0) is 38.8. The van der Waals surface area contributed by atoms with E-state index in [1.165, 1.54) is 25.1 Å². The fourth-order valence-corrected chi connectivity index (χ4v) is 5.63. The van der Waals surface area contributed by atoms with Gasteiger partial charge in [0, 0.05) is 27.6 Å². The summed E-state index contributed by atoms with van der Waals surface area (Å²) in [6.07, 6.45) is 8.29. The maximum absolute atomic E-state index is 13.9. The summed E-state index contributed by atoms with van der Waals surface area (Å²) in [4.78, 5) is 30.8. The third-order valence-electron chi connectivity index (χ3n) is 8.50. The number of pyridine rings is 1. The number of hydrogen-bond donors (Lipinski definition) is 1. The lowest BCUT2D eigenvalue weighted by atomic mass is 9.76. The third-order valence-corrected chi connectivity index (χ3v) is 8.76. The van der Waals surface area contributed by atoms with E-state index in [9.17, 15) is 22.8 Å². The molecule has 3 rings (SSSR count). The van der Waals surface area contributed by atoms with E-state index in [-0.39, 0.29) is 22.1 Å². The number of benzene rings is 1. The largest absolute Gasteiger partial charge is 0.493 e. The Kier molecular flexibility index (Phi) is 14.0. The standard InChI is InChI=1S/C42H42F3N3O3S/c1-9-13-26(4)20-31-14-12-15-36(48-40(50)39(31)27(5)10-2)33-22-30(17-19-38(33)51-11-3)34(41(7,8)28(6)49)23-32(52)18-16-29-21-35(42(43,44)45)37(24-46)47-25-29/h10,12,14,16-19,21-23,25H,2,4,9,11,13,20H2,1,3,5-8H3,(H,48,50)/b18-16+,31-14?,34-23-,39-27?. The van der Waals surface area contributed by atoms with Gasteiger partial charge < -0.3 is 10.1 Å². The number of alkyl halides is 3. The van der Waals surface area contributed by atoms with Crippen LogP contribution in [0.15, 0.2) is 102 Å². The van der Waals surface area contributed by atoms with Crippen LogP contribution in [-0.4, -0.2) is 28.1 Å². The second kappa shape index (κ2) is 17.7. The highest BCUT2D eigenvalue weighted by Gasteiger charge is 2.35. The Balaban J connectivity index is 2.20. The first kappa shape index (κ1) is 41.1. The molecule has 1 aromatic heterocycles. The maximum atomic E-state index is 13.9. The minimum Gasteiger partial charge on any atom is -0.493 e. The van der Waals surface area contributed by atoms with Gasteiger partial charge in [0.15, 0.2) is 5.69 Å². The monoisotopic (exact) mass is 725 g/mol. The van der Waals surface area contributed by atoms with Crippen LogP contribution in [0.25, 0.3) is 17.3 Å². The van der Waals surface area contributed by atoms with Gasteiger partial charge in [0.2, 0.25) is 0 Å². The number of nitrogens with zero attached hydrogens (tertiary/aromatic N) is 2. The summed E-state index contributed by atoms with van der Waals surface area (Å²) in [5, 5.41) is 12.1. The molecule has 0 spiro atoms. The number of carbonyl (C=O) groups excluding carboxylic acids is 2. The molecule has 1 N–H and O–H groups in total. The number of carbonyl (C=O) groups is 2. The van der Waals surface area contributed by atoms with Crippen molar-refractivity contribution in [3.05, 3.63) is 130 Å². The van der Waals surface area contributed by atoms with Crippen molar-refractivity contribution in [1.29, 1.82) is 5.26 Å². The van der Waals surface area contributed by atoms with Gasteiger partial charge in [0.05, 0.1) is 17.9 Å². The number of rotatable bonds is 14. The van der Waals surface area contributed by atoms with Gasteiger partial charge in [-0.15, -0.1) is 0 Å². The van der Waals surface area contributed by atoms with E-state index in [1.54, 1.807) is 50.3 Å². The summed E-state index contributed by atoms with van der Waals surface area (Å²) >= 11 is 5.62. The second-order valence-electron chi connectivity index (χ2n) is 12.7. The lowest BCUT2D eigenvalue weighted by molar-refractivity contribution is -0.138. The van der Waals surface area contributed by atoms with Crippen molar-refractivity contribution in [3.8, 4) is 11.8 Å². The van der Waals surface area contributed by atoms with Crippen LogP contribution >= 0.6 is 12.2 Å². The molecule has 0 saturated carbocycles. The van der Waals surface area contributed by atoms with Crippen molar-refractivity contribution in [1.82, 2.24) is 10.3 Å². The van der Waals surface area contributed by atoms with Crippen molar-refractivity contribution in [2.24, 2.45) is 5.41 Å². The average molecular weight is 726 g/mol. The number of Topliss-reactive ketones (excluding diaryl/α,β-unsaturated/α-hetero) is 1. The number of ketones is 1. The topological polar surface area (TPSA) is 92.1 Å². The molecule has 1 aliphatic heterocycles. The summed E-state index contributed by atoms with van der Waals surface area (Å²) in [7, 11) is 0. The van der Waals surface area contributed by atoms with Crippen molar-refractivity contribution < 1.29 is 27.5 Å². The molecule has 0 atom stereocenters. The quantitative estimate of drug-likeness (QED) is 0.0902. The fraction of sp³-hybridized carbons (Fsp3) is 0.286. The summed E-state index contributed by atoms with van der Waals surface area (Å²) in [5.74, 6) is -0.0540. The molecule has 0 aliphatic carbocycles. The Bertz CT molecular complexity index is 2030. The van der Waals surface area contributed by atoms with Gasteiger partial charge in [0.25, 0.3) is 5.91 Å². The molecule has 1 aromatic carbocycles. The molecule has 10 heteroatoms. The molecule has 0 saturated heterocycles. The zero-order valence-electron chi connectivity index (χ0n) is 30.3. The van der Waals surface area contributed by atoms with E-state index in [0.29, 0.717) is 52.3 Å². The van der Waals surface area contributed by atoms with Crippen LogP contribution in [0, 0.1) is 16.7 Å². The van der Waals surface area contributed by atoms with Crippen molar-refractivity contribution in [2.45, 2.75) is 67.0 Å². The molecule has 0 fully saturated rings. The maximum Gasteiger partial charge on any atom is 0.419 e. The second-order valence-corrected chi connectivity index (χ2v) is 13.1. The van der Waals surface area contributed by atoms with Gasteiger partial charge in [-0.1, -0.05) is 74.3 Å². The highest BCUT2D eigenvalue weighted by atomic mass is 32.1. The normalized spacial score (nSPS) is 14.8. The Hall–Kier alpha value is -5.36. The van der Waals surface area contributed by atoms with E-state index < -0.39 is 22.8 Å². The fourth-order valence-electron chi connectivity index (χ4n) is 5.44. The number of nitriles is 1. The number of aromatic nitrogens is 1. The van der Waals surface area contributed by atoms with Gasteiger partial charge in [-0.3, -0.25) is 9.59 Å². The molecule has 0 radical (unpaired) electrons. The zero-order valence-corrected chi connectivity index (χ0v) is 31.1. The smallest absolute Gasteiger partial charge is 0.419 e. The first-order valence-corrected chi connectivity index (χ1v) is 17.1. The summed E-state index contributed by atoms with van der Waals surface area (Å²) < 4.78 is 46.5. The van der Waals surface area contributed by atoms with E-state index in [0.717, 1.165) is 36.3 Å². The minimum absolute atomic E-state index is 0.0866. The van der Waals surface area contributed by atoms with Crippen molar-refractivity contribution in [2.75, 3.05) is 6.61 Å². The van der Waals surface area contributed by atoms with Crippen molar-refractivity contribution in [3.63, 3.8) is 0 Å². The van der Waals surface area contributed by atoms with Crippen LogP contribution in [0.2, 0.25) is 0 Å². The van der Waals surface area contributed by atoms with Crippen LogP contribution in [0.4, 0.5) is 13.2 Å². The molecular weight excluding hydrogens is 684 g/mol. The molecule has 0 bridgehead atoms. The van der Waals surface area contributed by atoms with Gasteiger partial charge in [-0.2, -0.15) is 18.4 Å².